The molecule has 468 valence electrons. The summed E-state index contributed by atoms with van der Waals surface area (Å²) in [5.74, 6) is -10.7. The van der Waals surface area contributed by atoms with Crippen molar-refractivity contribution in [3.8, 4) is 0 Å². The Morgan fingerprint density at radius 2 is 0.330 bits per heavy atom. The van der Waals surface area contributed by atoms with Gasteiger partial charge in [0, 0.05) is 0 Å². The molecule has 0 amide bonds. The van der Waals surface area contributed by atoms with Crippen LogP contribution in [0, 0.1) is 69.8 Å². The van der Waals surface area contributed by atoms with E-state index in [1.165, 1.54) is 146 Å². The number of rotatable bonds is 21. The fourth-order valence-electron chi connectivity index (χ4n) is 13.2. The molecule has 0 aliphatic rings. The largest absolute Gasteiger partial charge is 0.640 e. The Bertz CT molecular complexity index is 3900. The Balaban J connectivity index is 1.28. The van der Waals surface area contributed by atoms with Gasteiger partial charge in [-0.25, -0.2) is 52.7 Å². The molecule has 0 heterocycles. The fraction of sp³-hybridized carbons (Fsp3) is 0.0769. The van der Waals surface area contributed by atoms with E-state index < -0.39 is 112 Å². The molecule has 3 atom stereocenters. The zero-order valence-electron chi connectivity index (χ0n) is 49.3. The highest BCUT2D eigenvalue weighted by Crippen LogP contribution is 2.57. The molecule has 12 rings (SSSR count). The van der Waals surface area contributed by atoms with Crippen molar-refractivity contribution in [2.45, 2.75) is 34.6 Å². The normalized spacial score (nSPS) is 12.9. The van der Waals surface area contributed by atoms with Crippen LogP contribution in [0.15, 0.2) is 291 Å². The summed E-state index contributed by atoms with van der Waals surface area (Å²) in [5, 5.41) is 0. The maximum Gasteiger partial charge on any atom is 0.640 e. The second kappa shape index (κ2) is 27.1. The molecule has 0 radical (unpaired) electrons. The molecular formula is C78H51BF12O3. The van der Waals surface area contributed by atoms with Crippen molar-refractivity contribution in [3.05, 3.63) is 428 Å². The van der Waals surface area contributed by atoms with Gasteiger partial charge in [-0.05, 0) is 212 Å². The first-order valence-corrected chi connectivity index (χ1v) is 29.5. The van der Waals surface area contributed by atoms with Crippen LogP contribution in [-0.2, 0) is 30.2 Å². The minimum atomic E-state index is -2.70. The van der Waals surface area contributed by atoms with Gasteiger partial charge in [-0.15, -0.1) is 0 Å². The molecule has 3 nitrogen and oxygen atoms in total. The first-order chi connectivity index (χ1) is 45.4. The second-order valence-electron chi connectivity index (χ2n) is 22.5. The first kappa shape index (κ1) is 63.9. The van der Waals surface area contributed by atoms with E-state index in [-0.39, 0.29) is 66.8 Å². The molecule has 0 fully saturated rings. The van der Waals surface area contributed by atoms with Crippen molar-refractivity contribution in [2.24, 2.45) is 0 Å². The van der Waals surface area contributed by atoms with E-state index in [1.807, 2.05) is 0 Å². The van der Waals surface area contributed by atoms with Crippen LogP contribution in [0.1, 0.15) is 85.1 Å². The van der Waals surface area contributed by atoms with E-state index >= 15 is 52.7 Å². The Kier molecular flexibility index (Phi) is 18.4. The summed E-state index contributed by atoms with van der Waals surface area (Å²) in [6.07, 6.45) is -6.30. The summed E-state index contributed by atoms with van der Waals surface area (Å²) in [6.45, 7) is 0. The maximum absolute atomic E-state index is 16.7. The highest BCUT2D eigenvalue weighted by Gasteiger charge is 2.56. The molecule has 0 aliphatic carbocycles. The van der Waals surface area contributed by atoms with Gasteiger partial charge in [0.05, 0.1) is 34.6 Å². The van der Waals surface area contributed by atoms with Gasteiger partial charge in [0.1, 0.15) is 69.8 Å². The van der Waals surface area contributed by atoms with Crippen molar-refractivity contribution < 1.29 is 66.6 Å². The molecule has 0 aliphatic heterocycles. The summed E-state index contributed by atoms with van der Waals surface area (Å²) >= 11 is 0. The Hall–Kier alpha value is -10.3. The summed E-state index contributed by atoms with van der Waals surface area (Å²) in [7, 11) is -2.70. The monoisotopic (exact) mass is 1270 g/mol. The maximum atomic E-state index is 16.7. The van der Waals surface area contributed by atoms with Gasteiger partial charge in [0.2, 0.25) is 0 Å². The SMILES string of the molecule is Fc1cccc(C(OB(OC(c2cccc(F)c2)C(c2cccc(F)c2)(c2cccc(F)c2)c2cccc(F)c2)OC(c2cccc(F)c2)C(c2cccc(F)c2)(c2cccc(F)c2)c2cccc(F)c2)C(c2cccc(F)c2)(c2cccc(F)c2)c2cccc(F)c2)c1. The summed E-state index contributed by atoms with van der Waals surface area (Å²) in [6, 6.07) is 58.1. The van der Waals surface area contributed by atoms with Crippen molar-refractivity contribution in [2.75, 3.05) is 0 Å². The van der Waals surface area contributed by atoms with Gasteiger partial charge in [0.15, 0.2) is 0 Å². The lowest BCUT2D eigenvalue weighted by atomic mass is 9.63. The number of halogens is 12. The van der Waals surface area contributed by atoms with E-state index in [4.69, 9.17) is 14.0 Å². The topological polar surface area (TPSA) is 27.7 Å². The predicted molar refractivity (Wildman–Crippen MR) is 334 cm³/mol. The molecule has 12 aromatic carbocycles. The van der Waals surface area contributed by atoms with Gasteiger partial charge < -0.3 is 14.0 Å². The van der Waals surface area contributed by atoms with Crippen LogP contribution >= 0.6 is 0 Å². The molecule has 3 unspecified atom stereocenters. The Labute approximate surface area is 534 Å². The molecule has 12 aromatic rings. The molecule has 16 heteroatoms. The first-order valence-electron chi connectivity index (χ1n) is 29.5. The van der Waals surface area contributed by atoms with Gasteiger partial charge in [-0.3, -0.25) is 0 Å². The van der Waals surface area contributed by atoms with Gasteiger partial charge >= 0.3 is 7.32 Å². The number of hydrogen-bond acceptors (Lipinski definition) is 3. The molecule has 94 heavy (non-hydrogen) atoms. The van der Waals surface area contributed by atoms with E-state index in [0.717, 1.165) is 146 Å². The lowest BCUT2D eigenvalue weighted by molar-refractivity contribution is -0.0277. The quantitative estimate of drug-likeness (QED) is 0.0408. The van der Waals surface area contributed by atoms with Crippen LogP contribution in [0.3, 0.4) is 0 Å². The van der Waals surface area contributed by atoms with Crippen molar-refractivity contribution in [1.82, 2.24) is 0 Å². The van der Waals surface area contributed by atoms with Crippen molar-refractivity contribution in [1.29, 1.82) is 0 Å². The molecule has 0 spiro atoms. The fourth-order valence-corrected chi connectivity index (χ4v) is 13.2. The van der Waals surface area contributed by atoms with Crippen LogP contribution in [0.4, 0.5) is 52.7 Å². The third-order valence-electron chi connectivity index (χ3n) is 16.9. The molecule has 0 aromatic heterocycles. The van der Waals surface area contributed by atoms with Crippen molar-refractivity contribution in [3.63, 3.8) is 0 Å². The summed E-state index contributed by atoms with van der Waals surface area (Å²) in [4.78, 5) is 0. The van der Waals surface area contributed by atoms with E-state index in [2.05, 4.69) is 0 Å². The summed E-state index contributed by atoms with van der Waals surface area (Å²) in [5.41, 5.74) is -8.68. The zero-order chi connectivity index (χ0) is 65.7. The van der Waals surface area contributed by atoms with Crippen LogP contribution in [0.25, 0.3) is 0 Å². The van der Waals surface area contributed by atoms with E-state index in [0.29, 0.717) is 0 Å². The number of hydrogen-bond donors (Lipinski definition) is 0. The molecule has 0 saturated heterocycles. The average Bonchev–Trinajstić information content (AvgIpc) is 0.751. The van der Waals surface area contributed by atoms with Gasteiger partial charge in [-0.1, -0.05) is 146 Å². The smallest absolute Gasteiger partial charge is 0.377 e. The predicted octanol–water partition coefficient (Wildman–Crippen LogP) is 20.0. The Morgan fingerprint density at radius 3 is 0.468 bits per heavy atom. The lowest BCUT2D eigenvalue weighted by Gasteiger charge is -2.47. The van der Waals surface area contributed by atoms with Gasteiger partial charge in [0.25, 0.3) is 0 Å². The third-order valence-corrected chi connectivity index (χ3v) is 16.9. The highest BCUT2D eigenvalue weighted by molar-refractivity contribution is 6.36. The van der Waals surface area contributed by atoms with Gasteiger partial charge in [-0.2, -0.15) is 0 Å². The highest BCUT2D eigenvalue weighted by atomic mass is 19.2. The third kappa shape index (κ3) is 12.6. The zero-order valence-corrected chi connectivity index (χ0v) is 49.3. The summed E-state index contributed by atoms with van der Waals surface area (Å²) < 4.78 is 222. The Morgan fingerprint density at radius 1 is 0.191 bits per heavy atom. The second-order valence-corrected chi connectivity index (χ2v) is 22.5. The van der Waals surface area contributed by atoms with E-state index in [9.17, 15) is 0 Å². The lowest BCUT2D eigenvalue weighted by Crippen LogP contribution is -2.48. The average molecular weight is 1280 g/mol. The minimum Gasteiger partial charge on any atom is -0.377 e. The van der Waals surface area contributed by atoms with Crippen LogP contribution < -0.4 is 0 Å². The van der Waals surface area contributed by atoms with E-state index in [1.54, 1.807) is 0 Å². The minimum absolute atomic E-state index is 0.109. The van der Waals surface area contributed by atoms with Crippen LogP contribution in [-0.4, -0.2) is 7.32 Å². The van der Waals surface area contributed by atoms with Crippen LogP contribution in [0.5, 0.6) is 0 Å². The van der Waals surface area contributed by atoms with Crippen molar-refractivity contribution >= 4 is 7.32 Å². The molecule has 0 saturated carbocycles. The molecule has 0 N–H and O–H groups in total. The van der Waals surface area contributed by atoms with Crippen LogP contribution in [0.2, 0.25) is 0 Å². The number of benzene rings is 12. The molecular weight excluding hydrogens is 1220 g/mol. The molecule has 0 bridgehead atoms. The standard InChI is InChI=1S/C78H51BF12O3/c80-61-25-1-13-49(37-61)73(76(52-16-4-28-64(83)40-52,53-17-5-29-65(84)41-53)54-18-6-30-66(85)42-54)92-79(93-74(50-14-2-26-62(81)38-50)77(55-19-7-31-67(86)43-55,56-20-8-32-68(87)44-56)57-21-9-33-69(88)45-57)94-75(51-15-3-27-63(82)39-51)78(58-22-10-34-70(89)46-58,59-23-11-35-71(90)47-59)60-24-12-36-72(91)48-60/h1-48,73-75H.